The van der Waals surface area contributed by atoms with E-state index < -0.39 is 10.0 Å². The lowest BCUT2D eigenvalue weighted by Gasteiger charge is -2.28. The maximum absolute atomic E-state index is 12.4. The third-order valence-electron chi connectivity index (χ3n) is 3.66. The molecule has 0 radical (unpaired) electrons. The number of nitrogens with zero attached hydrogens (tertiary/aromatic N) is 1. The highest BCUT2D eigenvalue weighted by Gasteiger charge is 2.26. The van der Waals surface area contributed by atoms with Gasteiger partial charge in [-0.1, -0.05) is 11.6 Å². The number of ether oxygens (including phenoxy) is 1. The molecule has 1 heterocycles. The zero-order valence-electron chi connectivity index (χ0n) is 11.7. The molecule has 114 valence electrons. The van der Waals surface area contributed by atoms with Crippen molar-refractivity contribution in [1.82, 2.24) is 4.72 Å². The number of halogens is 1. The van der Waals surface area contributed by atoms with Gasteiger partial charge in [0.2, 0.25) is 10.0 Å². The van der Waals surface area contributed by atoms with Crippen LogP contribution in [0, 0.1) is 17.2 Å². The van der Waals surface area contributed by atoms with Crippen molar-refractivity contribution in [3.63, 3.8) is 0 Å². The number of benzene rings is 1. The second-order valence-electron chi connectivity index (χ2n) is 5.12. The molecule has 1 aliphatic rings. The topological polar surface area (TPSA) is 79.2 Å². The Bertz CT molecular complexity index is 649. The van der Waals surface area contributed by atoms with E-state index in [2.05, 4.69) is 4.72 Å². The molecule has 0 bridgehead atoms. The molecule has 0 aromatic heterocycles. The average Bonchev–Trinajstić information content (AvgIpc) is 2.47. The lowest BCUT2D eigenvalue weighted by atomic mass is 9.94. The van der Waals surface area contributed by atoms with Gasteiger partial charge in [-0.2, -0.15) is 5.26 Å². The fourth-order valence-corrected chi connectivity index (χ4v) is 4.27. The molecule has 1 saturated heterocycles. The van der Waals surface area contributed by atoms with Crippen LogP contribution >= 0.6 is 11.6 Å². The highest BCUT2D eigenvalue weighted by Crippen LogP contribution is 2.25. The standard InChI is InChI=1S/C14H17ClN2O3S/c1-10(12-4-6-20-7-5-12)17-21(18,19)14-3-2-11(9-16)8-13(14)15/h2-3,8,10,12,17H,4-7H2,1H3. The second-order valence-corrected chi connectivity index (χ2v) is 7.21. The van der Waals surface area contributed by atoms with Crippen LogP contribution in [0.3, 0.4) is 0 Å². The van der Waals surface area contributed by atoms with E-state index >= 15 is 0 Å². The fraction of sp³-hybridized carbons (Fsp3) is 0.500. The molecule has 0 spiro atoms. The van der Waals surface area contributed by atoms with Gasteiger partial charge in [-0.15, -0.1) is 0 Å². The highest BCUT2D eigenvalue weighted by atomic mass is 35.5. The van der Waals surface area contributed by atoms with Crippen molar-refractivity contribution in [2.45, 2.75) is 30.7 Å². The second kappa shape index (κ2) is 6.75. The summed E-state index contributed by atoms with van der Waals surface area (Å²) in [5.74, 6) is 0.255. The van der Waals surface area contributed by atoms with Crippen LogP contribution in [0.2, 0.25) is 5.02 Å². The fourth-order valence-electron chi connectivity index (χ4n) is 2.41. The Labute approximate surface area is 129 Å². The lowest BCUT2D eigenvalue weighted by molar-refractivity contribution is 0.0585. The quantitative estimate of drug-likeness (QED) is 0.919. The Balaban J connectivity index is 2.16. The van der Waals surface area contributed by atoms with E-state index in [1.807, 2.05) is 13.0 Å². The Hall–Kier alpha value is -1.13. The first-order valence-corrected chi connectivity index (χ1v) is 8.60. The minimum atomic E-state index is -3.70. The summed E-state index contributed by atoms with van der Waals surface area (Å²) in [4.78, 5) is 0.00192. The molecule has 0 amide bonds. The predicted molar refractivity (Wildman–Crippen MR) is 79.5 cm³/mol. The molecule has 1 unspecified atom stereocenters. The Morgan fingerprint density at radius 1 is 1.43 bits per heavy atom. The summed E-state index contributed by atoms with van der Waals surface area (Å²) >= 11 is 5.97. The summed E-state index contributed by atoms with van der Waals surface area (Å²) in [6.07, 6.45) is 1.68. The molecule has 0 saturated carbocycles. The van der Waals surface area contributed by atoms with Crippen LogP contribution in [0.4, 0.5) is 0 Å². The first-order valence-electron chi connectivity index (χ1n) is 6.74. The number of nitrogens with one attached hydrogen (secondary N) is 1. The van der Waals surface area contributed by atoms with Gasteiger partial charge in [0.05, 0.1) is 16.7 Å². The summed E-state index contributed by atoms with van der Waals surface area (Å²) in [5.41, 5.74) is 0.330. The minimum absolute atomic E-state index is 0.00192. The SMILES string of the molecule is CC(NS(=O)(=O)c1ccc(C#N)cc1Cl)C1CCOCC1. The molecule has 7 heteroatoms. The Morgan fingerprint density at radius 3 is 2.67 bits per heavy atom. The highest BCUT2D eigenvalue weighted by molar-refractivity contribution is 7.89. The zero-order chi connectivity index (χ0) is 15.5. The Morgan fingerprint density at radius 2 is 2.10 bits per heavy atom. The van der Waals surface area contributed by atoms with Gasteiger partial charge in [0.15, 0.2) is 0 Å². The van der Waals surface area contributed by atoms with Crippen molar-refractivity contribution in [2.75, 3.05) is 13.2 Å². The molecule has 1 atom stereocenters. The summed E-state index contributed by atoms with van der Waals surface area (Å²) < 4.78 is 32.7. The number of sulfonamides is 1. The van der Waals surface area contributed by atoms with E-state index in [-0.39, 0.29) is 21.9 Å². The van der Waals surface area contributed by atoms with E-state index in [1.54, 1.807) is 0 Å². The molecule has 1 aromatic carbocycles. The van der Waals surface area contributed by atoms with E-state index in [9.17, 15) is 8.42 Å². The average molecular weight is 329 g/mol. The van der Waals surface area contributed by atoms with Gasteiger partial charge in [0, 0.05) is 19.3 Å². The molecular formula is C14H17ClN2O3S. The van der Waals surface area contributed by atoms with Crippen molar-refractivity contribution >= 4 is 21.6 Å². The van der Waals surface area contributed by atoms with Crippen LogP contribution in [0.15, 0.2) is 23.1 Å². The molecule has 2 rings (SSSR count). The molecule has 1 N–H and O–H groups in total. The molecule has 1 fully saturated rings. The van der Waals surface area contributed by atoms with E-state index in [4.69, 9.17) is 21.6 Å². The molecule has 21 heavy (non-hydrogen) atoms. The summed E-state index contributed by atoms with van der Waals surface area (Å²) in [5, 5.41) is 8.84. The van der Waals surface area contributed by atoms with Crippen molar-refractivity contribution < 1.29 is 13.2 Å². The molecular weight excluding hydrogens is 312 g/mol. The van der Waals surface area contributed by atoms with Crippen molar-refractivity contribution in [3.05, 3.63) is 28.8 Å². The van der Waals surface area contributed by atoms with Crippen LogP contribution in [-0.2, 0) is 14.8 Å². The minimum Gasteiger partial charge on any atom is -0.381 e. The van der Waals surface area contributed by atoms with Gasteiger partial charge in [0.25, 0.3) is 0 Å². The predicted octanol–water partition coefficient (Wildman–Crippen LogP) is 2.31. The van der Waals surface area contributed by atoms with Gasteiger partial charge in [-0.05, 0) is 43.9 Å². The largest absolute Gasteiger partial charge is 0.381 e. The molecule has 0 aliphatic carbocycles. The number of hydrogen-bond donors (Lipinski definition) is 1. The maximum Gasteiger partial charge on any atom is 0.242 e. The van der Waals surface area contributed by atoms with Gasteiger partial charge in [-0.3, -0.25) is 0 Å². The van der Waals surface area contributed by atoms with Gasteiger partial charge < -0.3 is 4.74 Å². The van der Waals surface area contributed by atoms with Crippen LogP contribution in [0.5, 0.6) is 0 Å². The van der Waals surface area contributed by atoms with Crippen molar-refractivity contribution in [3.8, 4) is 6.07 Å². The van der Waals surface area contributed by atoms with Crippen molar-refractivity contribution in [1.29, 1.82) is 5.26 Å². The zero-order valence-corrected chi connectivity index (χ0v) is 13.2. The van der Waals surface area contributed by atoms with Gasteiger partial charge in [0.1, 0.15) is 4.90 Å². The summed E-state index contributed by atoms with van der Waals surface area (Å²) in [7, 11) is -3.70. The van der Waals surface area contributed by atoms with Gasteiger partial charge >= 0.3 is 0 Å². The van der Waals surface area contributed by atoms with E-state index in [0.29, 0.717) is 18.8 Å². The lowest BCUT2D eigenvalue weighted by Crippen LogP contribution is -2.40. The molecule has 5 nitrogen and oxygen atoms in total. The van der Waals surface area contributed by atoms with E-state index in [0.717, 1.165) is 12.8 Å². The maximum atomic E-state index is 12.4. The number of rotatable bonds is 4. The van der Waals surface area contributed by atoms with Crippen LogP contribution in [0.25, 0.3) is 0 Å². The number of hydrogen-bond acceptors (Lipinski definition) is 4. The Kier molecular flexibility index (Phi) is 5.22. The normalized spacial score (nSPS) is 18.1. The third kappa shape index (κ3) is 3.95. The smallest absolute Gasteiger partial charge is 0.242 e. The third-order valence-corrected chi connectivity index (χ3v) is 5.71. The first-order chi connectivity index (χ1) is 9.94. The van der Waals surface area contributed by atoms with Gasteiger partial charge in [-0.25, -0.2) is 13.1 Å². The molecule has 1 aliphatic heterocycles. The number of nitriles is 1. The van der Waals surface area contributed by atoms with Crippen LogP contribution in [-0.4, -0.2) is 27.7 Å². The van der Waals surface area contributed by atoms with E-state index in [1.165, 1.54) is 18.2 Å². The van der Waals surface area contributed by atoms with Crippen molar-refractivity contribution in [2.24, 2.45) is 5.92 Å². The monoisotopic (exact) mass is 328 g/mol. The first kappa shape index (κ1) is 16.2. The summed E-state index contributed by atoms with van der Waals surface area (Å²) in [6, 6.07) is 5.90. The summed E-state index contributed by atoms with van der Waals surface area (Å²) in [6.45, 7) is 3.17. The van der Waals surface area contributed by atoms with Crippen LogP contribution in [0.1, 0.15) is 25.3 Å². The molecule has 1 aromatic rings. The van der Waals surface area contributed by atoms with Crippen LogP contribution < -0.4 is 4.72 Å².